The zero-order valence-corrected chi connectivity index (χ0v) is 17.6. The summed E-state index contributed by atoms with van der Waals surface area (Å²) in [5, 5.41) is 0. The minimum Gasteiger partial charge on any atom is -0.497 e. The first-order valence-corrected chi connectivity index (χ1v) is 10.3. The first-order chi connectivity index (χ1) is 14.7. The van der Waals surface area contributed by atoms with Crippen LogP contribution in [0.2, 0.25) is 0 Å². The maximum absolute atomic E-state index is 12.8. The number of hydrogen-bond acceptors (Lipinski definition) is 7. The van der Waals surface area contributed by atoms with Crippen molar-refractivity contribution in [2.45, 2.75) is 32.2 Å². The molecule has 164 valence electrons. The molecule has 0 amide bonds. The zero-order chi connectivity index (χ0) is 22.3. The molecule has 1 aliphatic rings. The third kappa shape index (κ3) is 4.28. The Kier molecular flexibility index (Phi) is 5.48. The predicted molar refractivity (Wildman–Crippen MR) is 110 cm³/mol. The predicted octanol–water partition coefficient (Wildman–Crippen LogP) is 3.10. The highest BCUT2D eigenvalue weighted by atomic mass is 32.1. The largest absolute Gasteiger partial charge is 0.497 e. The Morgan fingerprint density at radius 3 is 2.68 bits per heavy atom. The second-order valence-electron chi connectivity index (χ2n) is 7.26. The summed E-state index contributed by atoms with van der Waals surface area (Å²) in [7, 11) is 1.59. The van der Waals surface area contributed by atoms with Crippen LogP contribution in [-0.2, 0) is 19.3 Å². The lowest BCUT2D eigenvalue weighted by Crippen LogP contribution is -2.40. The highest BCUT2D eigenvalue weighted by Gasteiger charge is 2.32. The number of aryl methyl sites for hydroxylation is 1. The molecule has 1 unspecified atom stereocenters. The number of ether oxygens (including phenoxy) is 1. The molecule has 0 spiro atoms. The number of methoxy groups -OCH3 is 1. The van der Waals surface area contributed by atoms with Gasteiger partial charge in [-0.15, -0.1) is 11.3 Å². The maximum atomic E-state index is 12.8. The maximum Gasteiger partial charge on any atom is 0.425 e. The van der Waals surface area contributed by atoms with Crippen LogP contribution in [0.4, 0.5) is 19.1 Å². The Morgan fingerprint density at radius 1 is 1.26 bits per heavy atom. The molecule has 2 N–H and O–H groups in total. The Labute approximate surface area is 179 Å². The fourth-order valence-corrected chi connectivity index (χ4v) is 4.42. The van der Waals surface area contributed by atoms with Gasteiger partial charge in [0.05, 0.1) is 13.7 Å². The summed E-state index contributed by atoms with van der Waals surface area (Å²) >= 11 is 0.602. The van der Waals surface area contributed by atoms with Crippen molar-refractivity contribution >= 4 is 17.3 Å². The van der Waals surface area contributed by atoms with Crippen molar-refractivity contribution in [3.63, 3.8) is 0 Å². The van der Waals surface area contributed by atoms with E-state index in [1.165, 1.54) is 10.6 Å². The molecule has 3 aromatic rings. The summed E-state index contributed by atoms with van der Waals surface area (Å²) in [6.45, 7) is 2.51. The molecule has 31 heavy (non-hydrogen) atoms. The molecular weight excluding hydrogens is 431 g/mol. The van der Waals surface area contributed by atoms with E-state index in [9.17, 15) is 18.0 Å². The molecular formula is C20H20F3N5O2S. The van der Waals surface area contributed by atoms with Gasteiger partial charge in [-0.1, -0.05) is 6.07 Å². The van der Waals surface area contributed by atoms with Crippen molar-refractivity contribution in [1.82, 2.24) is 14.5 Å². The zero-order valence-electron chi connectivity index (χ0n) is 16.8. The van der Waals surface area contributed by atoms with Gasteiger partial charge in [0.1, 0.15) is 16.5 Å². The number of benzene rings is 1. The summed E-state index contributed by atoms with van der Waals surface area (Å²) in [6, 6.07) is 7.73. The highest BCUT2D eigenvalue weighted by molar-refractivity contribution is 7.12. The number of alkyl halides is 3. The smallest absolute Gasteiger partial charge is 0.425 e. The van der Waals surface area contributed by atoms with Crippen molar-refractivity contribution in [2.75, 3.05) is 18.6 Å². The molecule has 0 saturated heterocycles. The molecule has 0 saturated carbocycles. The molecule has 0 fully saturated rings. The fourth-order valence-electron chi connectivity index (χ4n) is 3.56. The fraction of sp³-hybridized carbons (Fsp3) is 0.350. The third-order valence-electron chi connectivity index (χ3n) is 5.15. The summed E-state index contributed by atoms with van der Waals surface area (Å²) in [4.78, 5) is 22.7. The lowest BCUT2D eigenvalue weighted by molar-refractivity contribution is -0.134. The number of anilines is 1. The van der Waals surface area contributed by atoms with Gasteiger partial charge in [-0.2, -0.15) is 23.1 Å². The standard InChI is InChI=1S/C20H20F3N5O2S/c1-11-25-18(27-8-12-3-4-13(30-2)7-15(12)16(24)10-27)26-19(29)28(11)9-14-5-6-17(31-14)20(21,22)23/h3-7,16H,8-10,24H2,1-2H3. The number of halogens is 3. The van der Waals surface area contributed by atoms with E-state index in [4.69, 9.17) is 10.5 Å². The Hall–Kier alpha value is -2.92. The van der Waals surface area contributed by atoms with Crippen LogP contribution in [0.25, 0.3) is 0 Å². The minimum absolute atomic E-state index is 0.0200. The summed E-state index contributed by atoms with van der Waals surface area (Å²) in [6.07, 6.45) is -4.41. The van der Waals surface area contributed by atoms with Crippen molar-refractivity contribution in [2.24, 2.45) is 5.73 Å². The van der Waals surface area contributed by atoms with Gasteiger partial charge in [0, 0.05) is 24.0 Å². The number of rotatable bonds is 4. The van der Waals surface area contributed by atoms with Crippen molar-refractivity contribution in [1.29, 1.82) is 0 Å². The van der Waals surface area contributed by atoms with Gasteiger partial charge in [0.25, 0.3) is 0 Å². The van der Waals surface area contributed by atoms with Crippen LogP contribution < -0.4 is 21.1 Å². The van der Waals surface area contributed by atoms with Gasteiger partial charge < -0.3 is 15.4 Å². The van der Waals surface area contributed by atoms with Crippen LogP contribution in [0.5, 0.6) is 5.75 Å². The number of fused-ring (bicyclic) bond motifs is 1. The average Bonchev–Trinajstić information content (AvgIpc) is 3.19. The van der Waals surface area contributed by atoms with Crippen LogP contribution in [0.15, 0.2) is 35.1 Å². The summed E-state index contributed by atoms with van der Waals surface area (Å²) in [5.41, 5.74) is 7.71. The monoisotopic (exact) mass is 451 g/mol. The molecule has 1 aliphatic heterocycles. The second kappa shape index (κ2) is 7.97. The normalized spacial score (nSPS) is 16.3. The molecule has 3 heterocycles. The van der Waals surface area contributed by atoms with Gasteiger partial charge in [-0.05, 0) is 42.3 Å². The summed E-state index contributed by atoms with van der Waals surface area (Å²) < 4.78 is 45.0. The lowest BCUT2D eigenvalue weighted by atomic mass is 9.96. The van der Waals surface area contributed by atoms with Gasteiger partial charge >= 0.3 is 11.9 Å². The molecule has 0 aliphatic carbocycles. The van der Waals surface area contributed by atoms with Gasteiger partial charge in [-0.25, -0.2) is 4.79 Å². The van der Waals surface area contributed by atoms with Crippen LogP contribution in [-0.4, -0.2) is 28.2 Å². The van der Waals surface area contributed by atoms with Crippen LogP contribution in [0.3, 0.4) is 0 Å². The number of hydrogen-bond donors (Lipinski definition) is 1. The molecule has 7 nitrogen and oxygen atoms in total. The molecule has 0 bridgehead atoms. The quantitative estimate of drug-likeness (QED) is 0.656. The highest BCUT2D eigenvalue weighted by Crippen LogP contribution is 2.35. The Morgan fingerprint density at radius 2 is 2.03 bits per heavy atom. The number of thiophene rings is 1. The molecule has 4 rings (SSSR count). The van der Waals surface area contributed by atoms with Gasteiger partial charge in [0.2, 0.25) is 5.95 Å². The SMILES string of the molecule is COc1ccc2c(c1)C(N)CN(c1nc(C)n(Cc3ccc(C(F)(F)F)s3)c(=O)n1)C2. The van der Waals surface area contributed by atoms with Gasteiger partial charge in [-0.3, -0.25) is 4.57 Å². The molecule has 11 heteroatoms. The molecule has 1 aromatic carbocycles. The van der Waals surface area contributed by atoms with E-state index in [0.29, 0.717) is 35.1 Å². The van der Waals surface area contributed by atoms with E-state index in [-0.39, 0.29) is 18.5 Å². The molecule has 2 aromatic heterocycles. The number of aromatic nitrogens is 3. The lowest BCUT2D eigenvalue weighted by Gasteiger charge is -2.33. The van der Waals surface area contributed by atoms with Crippen LogP contribution in [0, 0.1) is 6.92 Å². The first-order valence-electron chi connectivity index (χ1n) is 9.44. The molecule has 1 atom stereocenters. The van der Waals surface area contributed by atoms with E-state index in [2.05, 4.69) is 9.97 Å². The number of nitrogens with two attached hydrogens (primary N) is 1. The van der Waals surface area contributed by atoms with Crippen molar-refractivity contribution in [3.05, 3.63) is 67.5 Å². The second-order valence-corrected chi connectivity index (χ2v) is 8.42. The molecule has 0 radical (unpaired) electrons. The summed E-state index contributed by atoms with van der Waals surface area (Å²) in [5.74, 6) is 1.34. The van der Waals surface area contributed by atoms with E-state index in [1.807, 2.05) is 23.1 Å². The van der Waals surface area contributed by atoms with Crippen LogP contribution >= 0.6 is 11.3 Å². The van der Waals surface area contributed by atoms with Crippen molar-refractivity contribution in [3.8, 4) is 5.75 Å². The van der Waals surface area contributed by atoms with E-state index < -0.39 is 16.7 Å². The Bertz CT molecular complexity index is 1170. The van der Waals surface area contributed by atoms with Crippen LogP contribution in [0.1, 0.15) is 32.7 Å². The first kappa shape index (κ1) is 21.3. The van der Waals surface area contributed by atoms with Crippen molar-refractivity contribution < 1.29 is 17.9 Å². The van der Waals surface area contributed by atoms with E-state index >= 15 is 0 Å². The Balaban J connectivity index is 1.59. The van der Waals surface area contributed by atoms with E-state index in [0.717, 1.165) is 22.9 Å². The third-order valence-corrected chi connectivity index (χ3v) is 6.26. The number of nitrogens with zero attached hydrogens (tertiary/aromatic N) is 4. The van der Waals surface area contributed by atoms with E-state index in [1.54, 1.807) is 14.0 Å². The minimum atomic E-state index is -4.41. The topological polar surface area (TPSA) is 86.3 Å². The van der Waals surface area contributed by atoms with Gasteiger partial charge in [0.15, 0.2) is 0 Å². The average molecular weight is 451 g/mol.